The molecular weight excluding hydrogens is 489 g/mol. The Labute approximate surface area is 199 Å². The van der Waals surface area contributed by atoms with Gasteiger partial charge in [-0.1, -0.05) is 36.8 Å². The molecule has 3 N–H and O–H groups in total. The lowest BCUT2D eigenvalue weighted by molar-refractivity contribution is -0.126. The van der Waals surface area contributed by atoms with E-state index in [1.807, 2.05) is 19.9 Å². The average molecular weight is 530 g/mol. The predicted octanol–water partition coefficient (Wildman–Crippen LogP) is 3.37. The molecule has 170 valence electrons. The van der Waals surface area contributed by atoms with Gasteiger partial charge in [0.1, 0.15) is 0 Å². The third-order valence-corrected chi connectivity index (χ3v) is 5.63. The summed E-state index contributed by atoms with van der Waals surface area (Å²) >= 11 is 0. The van der Waals surface area contributed by atoms with E-state index in [0.29, 0.717) is 6.04 Å². The first-order valence-electron chi connectivity index (χ1n) is 10.9. The normalized spacial score (nSPS) is 20.4. The monoisotopic (exact) mass is 529 g/mol. The summed E-state index contributed by atoms with van der Waals surface area (Å²) in [4.78, 5) is 19.1. The number of nitrogens with zero attached hydrogens (tertiary/aromatic N) is 2. The molecule has 0 saturated heterocycles. The van der Waals surface area contributed by atoms with E-state index in [1.54, 1.807) is 7.05 Å². The molecule has 0 heterocycles. The van der Waals surface area contributed by atoms with Crippen molar-refractivity contribution in [2.75, 3.05) is 20.6 Å². The Balaban J connectivity index is 0.00000450. The van der Waals surface area contributed by atoms with Gasteiger partial charge in [0, 0.05) is 44.2 Å². The van der Waals surface area contributed by atoms with Crippen molar-refractivity contribution in [3.63, 3.8) is 0 Å². The van der Waals surface area contributed by atoms with Crippen LogP contribution in [0.2, 0.25) is 0 Å². The fraction of sp³-hybridized carbons (Fsp3) is 0.652. The summed E-state index contributed by atoms with van der Waals surface area (Å²) in [6.45, 7) is 7.98. The van der Waals surface area contributed by atoms with Gasteiger partial charge in [-0.05, 0) is 52.6 Å². The van der Waals surface area contributed by atoms with Crippen molar-refractivity contribution in [2.24, 2.45) is 10.9 Å². The van der Waals surface area contributed by atoms with Crippen LogP contribution in [0, 0.1) is 5.92 Å². The third-order valence-electron chi connectivity index (χ3n) is 5.63. The molecular formula is C23H40IN5O. The summed E-state index contributed by atoms with van der Waals surface area (Å²) in [7, 11) is 3.95. The number of halogens is 1. The van der Waals surface area contributed by atoms with Crippen molar-refractivity contribution in [1.29, 1.82) is 0 Å². The van der Waals surface area contributed by atoms with Crippen LogP contribution in [0.4, 0.5) is 0 Å². The van der Waals surface area contributed by atoms with Crippen LogP contribution in [0.15, 0.2) is 35.3 Å². The smallest absolute Gasteiger partial charge is 0.223 e. The summed E-state index contributed by atoms with van der Waals surface area (Å²) in [6.07, 6.45) is 3.99. The molecule has 1 saturated carbocycles. The molecule has 0 aliphatic heterocycles. The van der Waals surface area contributed by atoms with Crippen molar-refractivity contribution in [3.8, 4) is 0 Å². The molecule has 3 unspecified atom stereocenters. The zero-order chi connectivity index (χ0) is 21.2. The molecule has 1 aliphatic rings. The number of hydrogen-bond acceptors (Lipinski definition) is 3. The zero-order valence-electron chi connectivity index (χ0n) is 19.1. The topological polar surface area (TPSA) is 68.8 Å². The van der Waals surface area contributed by atoms with Crippen molar-refractivity contribution in [1.82, 2.24) is 20.9 Å². The van der Waals surface area contributed by atoms with Crippen molar-refractivity contribution < 1.29 is 4.79 Å². The highest BCUT2D eigenvalue weighted by Gasteiger charge is 2.28. The summed E-state index contributed by atoms with van der Waals surface area (Å²) in [5, 5.41) is 10.0. The average Bonchev–Trinajstić information content (AvgIpc) is 2.71. The first-order valence-corrected chi connectivity index (χ1v) is 10.9. The number of aliphatic imine (C=N–C) groups is 1. The van der Waals surface area contributed by atoms with E-state index >= 15 is 0 Å². The van der Waals surface area contributed by atoms with E-state index in [2.05, 4.69) is 64.1 Å². The Morgan fingerprint density at radius 1 is 1.20 bits per heavy atom. The number of rotatable bonds is 8. The minimum absolute atomic E-state index is 0. The molecule has 1 aliphatic carbocycles. The van der Waals surface area contributed by atoms with Gasteiger partial charge in [-0.25, -0.2) is 0 Å². The van der Waals surface area contributed by atoms with E-state index in [1.165, 1.54) is 5.56 Å². The van der Waals surface area contributed by atoms with Crippen LogP contribution < -0.4 is 16.0 Å². The van der Waals surface area contributed by atoms with Crippen LogP contribution >= 0.6 is 24.0 Å². The Morgan fingerprint density at radius 3 is 2.53 bits per heavy atom. The van der Waals surface area contributed by atoms with Gasteiger partial charge in [-0.2, -0.15) is 0 Å². The number of hydrogen-bond donors (Lipinski definition) is 3. The number of guanidine groups is 1. The highest BCUT2D eigenvalue weighted by atomic mass is 127. The van der Waals surface area contributed by atoms with Gasteiger partial charge in [-0.15, -0.1) is 24.0 Å². The fourth-order valence-corrected chi connectivity index (χ4v) is 3.78. The number of carbonyl (C=O) groups excluding carboxylic acids is 1. The van der Waals surface area contributed by atoms with Gasteiger partial charge in [-0.3, -0.25) is 14.7 Å². The molecule has 3 atom stereocenters. The molecule has 1 aromatic carbocycles. The van der Waals surface area contributed by atoms with Crippen LogP contribution in [-0.4, -0.2) is 55.5 Å². The quantitative estimate of drug-likeness (QED) is 0.275. The second kappa shape index (κ2) is 13.9. The number of amides is 1. The highest BCUT2D eigenvalue weighted by Crippen LogP contribution is 2.24. The maximum absolute atomic E-state index is 12.4. The molecule has 0 radical (unpaired) electrons. The molecule has 0 bridgehead atoms. The summed E-state index contributed by atoms with van der Waals surface area (Å²) < 4.78 is 0. The van der Waals surface area contributed by atoms with E-state index in [0.717, 1.165) is 44.7 Å². The first kappa shape index (κ1) is 26.7. The van der Waals surface area contributed by atoms with Gasteiger partial charge in [0.2, 0.25) is 5.91 Å². The van der Waals surface area contributed by atoms with Gasteiger partial charge < -0.3 is 16.0 Å². The second-order valence-electron chi connectivity index (χ2n) is 8.57. The Kier molecular flexibility index (Phi) is 12.3. The predicted molar refractivity (Wildman–Crippen MR) is 136 cm³/mol. The highest BCUT2D eigenvalue weighted by molar-refractivity contribution is 14.0. The molecule has 2 rings (SSSR count). The van der Waals surface area contributed by atoms with Crippen LogP contribution in [-0.2, 0) is 11.3 Å². The minimum Gasteiger partial charge on any atom is -0.355 e. The molecule has 0 aromatic heterocycles. The second-order valence-corrected chi connectivity index (χ2v) is 8.57. The maximum atomic E-state index is 12.4. The molecule has 7 heteroatoms. The standard InChI is InChI=1S/C23H39N5O.HI/c1-17(2)26-22(29)20-12-9-13-21(14-20)27-23(24-4)25-15-18(3)28(5)16-19-10-7-6-8-11-19;/h6-8,10-11,17-18,20-21H,9,12-16H2,1-5H3,(H,26,29)(H2,24,25,27);1H. The summed E-state index contributed by atoms with van der Waals surface area (Å²) in [5.41, 5.74) is 1.32. The van der Waals surface area contributed by atoms with Gasteiger partial charge in [0.15, 0.2) is 5.96 Å². The van der Waals surface area contributed by atoms with Gasteiger partial charge in [0.05, 0.1) is 0 Å². The van der Waals surface area contributed by atoms with E-state index in [-0.39, 0.29) is 47.9 Å². The molecule has 1 fully saturated rings. The van der Waals surface area contributed by atoms with Crippen LogP contribution in [0.5, 0.6) is 0 Å². The van der Waals surface area contributed by atoms with Crippen LogP contribution in [0.25, 0.3) is 0 Å². The van der Waals surface area contributed by atoms with Gasteiger partial charge >= 0.3 is 0 Å². The first-order chi connectivity index (χ1) is 13.9. The Hall–Kier alpha value is -1.35. The van der Waals surface area contributed by atoms with E-state index < -0.39 is 0 Å². The number of nitrogens with one attached hydrogen (secondary N) is 3. The van der Waals surface area contributed by atoms with Crippen LogP contribution in [0.1, 0.15) is 52.0 Å². The number of benzene rings is 1. The number of likely N-dealkylation sites (N-methyl/N-ethyl adjacent to an activating group) is 1. The summed E-state index contributed by atoms with van der Waals surface area (Å²) in [5.74, 6) is 1.10. The summed E-state index contributed by atoms with van der Waals surface area (Å²) in [6, 6.07) is 11.4. The SMILES string of the molecule is CN=C(NCC(C)N(C)Cc1ccccc1)NC1CCCC(C(=O)NC(C)C)C1.I. The van der Waals surface area contributed by atoms with Crippen molar-refractivity contribution >= 4 is 35.8 Å². The molecule has 30 heavy (non-hydrogen) atoms. The molecule has 1 aromatic rings. The Bertz CT molecular complexity index is 652. The lowest BCUT2D eigenvalue weighted by Gasteiger charge is -2.31. The van der Waals surface area contributed by atoms with Crippen LogP contribution in [0.3, 0.4) is 0 Å². The molecule has 1 amide bonds. The van der Waals surface area contributed by atoms with Gasteiger partial charge in [0.25, 0.3) is 0 Å². The zero-order valence-corrected chi connectivity index (χ0v) is 21.5. The van der Waals surface area contributed by atoms with Crippen molar-refractivity contribution in [3.05, 3.63) is 35.9 Å². The maximum Gasteiger partial charge on any atom is 0.223 e. The third kappa shape index (κ3) is 9.20. The van der Waals surface area contributed by atoms with Crippen molar-refractivity contribution in [2.45, 2.75) is 71.1 Å². The molecule has 6 nitrogen and oxygen atoms in total. The fourth-order valence-electron chi connectivity index (χ4n) is 3.78. The lowest BCUT2D eigenvalue weighted by Crippen LogP contribution is -2.50. The number of carbonyl (C=O) groups is 1. The minimum atomic E-state index is 0. The Morgan fingerprint density at radius 2 is 1.90 bits per heavy atom. The largest absolute Gasteiger partial charge is 0.355 e. The lowest BCUT2D eigenvalue weighted by atomic mass is 9.85. The van der Waals surface area contributed by atoms with E-state index in [9.17, 15) is 4.79 Å². The van der Waals surface area contributed by atoms with E-state index in [4.69, 9.17) is 0 Å². The molecule has 0 spiro atoms.